The minimum atomic E-state index is 0. The summed E-state index contributed by atoms with van der Waals surface area (Å²) in [5.41, 5.74) is 5.99. The van der Waals surface area contributed by atoms with Crippen molar-refractivity contribution in [3.63, 3.8) is 0 Å². The Labute approximate surface area is 178 Å². The molecule has 2 aromatic heterocycles. The molecule has 0 atom stereocenters. The van der Waals surface area contributed by atoms with Gasteiger partial charge in [-0.3, -0.25) is 14.6 Å². The molecule has 0 aliphatic rings. The molecule has 4 aromatic rings. The van der Waals surface area contributed by atoms with Crippen molar-refractivity contribution in [2.45, 2.75) is 46.5 Å². The van der Waals surface area contributed by atoms with E-state index in [1.807, 2.05) is 23.7 Å². The number of aryl methyl sites for hydroxylation is 1. The van der Waals surface area contributed by atoms with Crippen LogP contribution in [0.2, 0.25) is 0 Å². The third-order valence-electron chi connectivity index (χ3n) is 4.77. The molecule has 0 bridgehead atoms. The fraction of sp³-hybridized carbons (Fsp3) is 0.318. The molecule has 0 spiro atoms. The minimum Gasteiger partial charge on any atom is -0.461 e. The van der Waals surface area contributed by atoms with Crippen LogP contribution in [0.1, 0.15) is 56.5 Å². The largest absolute Gasteiger partial charge is 0.461 e. The quantitative estimate of drug-likeness (QED) is 0.318. The van der Waals surface area contributed by atoms with Crippen LogP contribution in [-0.4, -0.2) is 19.7 Å². The van der Waals surface area contributed by atoms with Crippen molar-refractivity contribution < 1.29 is 24.5 Å². The number of oxazole rings is 1. The number of aromatic nitrogens is 4. The average molecular weight is 552 g/mol. The van der Waals surface area contributed by atoms with Crippen molar-refractivity contribution >= 4 is 11.1 Å². The van der Waals surface area contributed by atoms with Gasteiger partial charge in [0.2, 0.25) is 0 Å². The number of rotatable bonds is 4. The average Bonchev–Trinajstić information content (AvgIpc) is 3.25. The monoisotopic (exact) mass is 552 g/mol. The molecule has 28 heavy (non-hydrogen) atoms. The minimum absolute atomic E-state index is 0. The van der Waals surface area contributed by atoms with E-state index in [0.29, 0.717) is 17.7 Å². The van der Waals surface area contributed by atoms with Gasteiger partial charge in [0.1, 0.15) is 6.33 Å². The van der Waals surface area contributed by atoms with Crippen molar-refractivity contribution in [2.24, 2.45) is 0 Å². The number of hydrogen-bond acceptors (Lipinski definition) is 4. The van der Waals surface area contributed by atoms with Crippen molar-refractivity contribution in [3.05, 3.63) is 59.7 Å². The zero-order chi connectivity index (χ0) is 19.1. The Kier molecular flexibility index (Phi) is 5.82. The van der Waals surface area contributed by atoms with E-state index in [4.69, 9.17) is 4.42 Å². The molecule has 0 N–H and O–H groups in total. The normalized spacial score (nSPS) is 11.4. The van der Waals surface area contributed by atoms with Crippen LogP contribution in [0.3, 0.4) is 0 Å². The standard InChI is InChI=1S/C22H23N4O.Ir/c1-13(2)17-7-6-8-18(14(3)4)21(17)26-22(23-12-24-26)16-9-10-19-20(11-16)27-15(5)25-19;/h6-8,10-14H,1-5H3;/q-1;. The smallest absolute Gasteiger partial charge is 0.180 e. The molecular weight excluding hydrogens is 528 g/mol. The first-order chi connectivity index (χ1) is 13.0. The third-order valence-corrected chi connectivity index (χ3v) is 4.77. The molecule has 0 aliphatic carbocycles. The van der Waals surface area contributed by atoms with Gasteiger partial charge in [-0.05, 0) is 23.0 Å². The Morgan fingerprint density at radius 1 is 1.07 bits per heavy atom. The fourth-order valence-corrected chi connectivity index (χ4v) is 3.46. The van der Waals surface area contributed by atoms with Gasteiger partial charge in [0, 0.05) is 32.5 Å². The summed E-state index contributed by atoms with van der Waals surface area (Å²) < 4.78 is 7.62. The van der Waals surface area contributed by atoms with E-state index in [2.05, 4.69) is 67.0 Å². The fourth-order valence-electron chi connectivity index (χ4n) is 3.46. The second-order valence-corrected chi connectivity index (χ2v) is 7.42. The van der Waals surface area contributed by atoms with E-state index in [0.717, 1.165) is 28.2 Å². The molecule has 2 heterocycles. The van der Waals surface area contributed by atoms with E-state index in [9.17, 15) is 0 Å². The van der Waals surface area contributed by atoms with Crippen molar-refractivity contribution in [3.8, 4) is 17.1 Å². The summed E-state index contributed by atoms with van der Waals surface area (Å²) in [6.45, 7) is 10.7. The van der Waals surface area contributed by atoms with Gasteiger partial charge in [-0.25, -0.2) is 0 Å². The number of para-hydroxylation sites is 1. The molecule has 2 aromatic carbocycles. The first-order valence-electron chi connectivity index (χ1n) is 9.28. The van der Waals surface area contributed by atoms with Crippen molar-refractivity contribution in [1.29, 1.82) is 0 Å². The van der Waals surface area contributed by atoms with Crippen LogP contribution in [0.4, 0.5) is 0 Å². The van der Waals surface area contributed by atoms with Gasteiger partial charge in [-0.2, -0.15) is 5.10 Å². The van der Waals surface area contributed by atoms with Crippen molar-refractivity contribution in [2.75, 3.05) is 0 Å². The summed E-state index contributed by atoms with van der Waals surface area (Å²) in [5, 5.41) is 4.57. The number of hydrogen-bond donors (Lipinski definition) is 0. The first kappa shape index (κ1) is 20.4. The second kappa shape index (κ2) is 7.98. The van der Waals surface area contributed by atoms with Crippen LogP contribution in [-0.2, 0) is 20.1 Å². The van der Waals surface area contributed by atoms with Crippen LogP contribution in [0.15, 0.2) is 41.1 Å². The maximum absolute atomic E-state index is 5.69. The van der Waals surface area contributed by atoms with Crippen molar-refractivity contribution in [1.82, 2.24) is 19.7 Å². The molecule has 4 rings (SSSR count). The van der Waals surface area contributed by atoms with Gasteiger partial charge in [-0.15, -0.1) is 17.7 Å². The Hall–Kier alpha value is -2.30. The van der Waals surface area contributed by atoms with Crippen LogP contribution in [0, 0.1) is 13.0 Å². The predicted octanol–water partition coefficient (Wildman–Crippen LogP) is 5.43. The Bertz CT molecular complexity index is 1080. The maximum atomic E-state index is 5.69. The summed E-state index contributed by atoms with van der Waals surface area (Å²) in [6, 6.07) is 13.5. The molecule has 0 fully saturated rings. The topological polar surface area (TPSA) is 56.7 Å². The van der Waals surface area contributed by atoms with Gasteiger partial charge in [0.25, 0.3) is 0 Å². The summed E-state index contributed by atoms with van der Waals surface area (Å²) in [6.07, 6.45) is 1.60. The Balaban J connectivity index is 0.00000225. The molecular formula is C22H23IrN4O-. The SMILES string of the molecule is Cc1nc2c[c-]c(-c3ncnn3-c3c(C(C)C)cccc3C(C)C)cc2o1.[Ir]. The second-order valence-electron chi connectivity index (χ2n) is 7.42. The molecule has 5 nitrogen and oxygen atoms in total. The summed E-state index contributed by atoms with van der Waals surface area (Å²) in [4.78, 5) is 8.89. The third kappa shape index (κ3) is 3.54. The number of benzene rings is 2. The van der Waals surface area contributed by atoms with E-state index in [-0.39, 0.29) is 20.1 Å². The van der Waals surface area contributed by atoms with Gasteiger partial charge in [0.15, 0.2) is 5.89 Å². The van der Waals surface area contributed by atoms with Crippen LogP contribution < -0.4 is 0 Å². The van der Waals surface area contributed by atoms with E-state index in [1.165, 1.54) is 11.1 Å². The van der Waals surface area contributed by atoms with E-state index in [1.54, 1.807) is 6.33 Å². The van der Waals surface area contributed by atoms with E-state index < -0.39 is 0 Å². The molecule has 6 heteroatoms. The van der Waals surface area contributed by atoms with Gasteiger partial charge < -0.3 is 4.42 Å². The van der Waals surface area contributed by atoms with Crippen LogP contribution >= 0.6 is 0 Å². The van der Waals surface area contributed by atoms with Gasteiger partial charge >= 0.3 is 0 Å². The maximum Gasteiger partial charge on any atom is 0.180 e. The number of nitrogens with zero attached hydrogens (tertiary/aromatic N) is 4. The molecule has 0 saturated heterocycles. The zero-order valence-electron chi connectivity index (χ0n) is 16.6. The summed E-state index contributed by atoms with van der Waals surface area (Å²) in [7, 11) is 0. The van der Waals surface area contributed by atoms with E-state index >= 15 is 0 Å². The molecule has 1 radical (unpaired) electrons. The van der Waals surface area contributed by atoms with Crippen LogP contribution in [0.5, 0.6) is 0 Å². The Morgan fingerprint density at radius 2 is 1.75 bits per heavy atom. The van der Waals surface area contributed by atoms with Crippen LogP contribution in [0.25, 0.3) is 28.2 Å². The van der Waals surface area contributed by atoms with Gasteiger partial charge in [0.05, 0.1) is 17.1 Å². The first-order valence-corrected chi connectivity index (χ1v) is 9.28. The predicted molar refractivity (Wildman–Crippen MR) is 106 cm³/mol. The Morgan fingerprint density at radius 3 is 2.39 bits per heavy atom. The number of fused-ring (bicyclic) bond motifs is 1. The van der Waals surface area contributed by atoms with Gasteiger partial charge in [-0.1, -0.05) is 52.0 Å². The zero-order valence-corrected chi connectivity index (χ0v) is 19.0. The molecule has 147 valence electrons. The molecule has 0 amide bonds. The molecule has 0 unspecified atom stereocenters. The summed E-state index contributed by atoms with van der Waals surface area (Å²) in [5.74, 6) is 2.14. The summed E-state index contributed by atoms with van der Waals surface area (Å²) >= 11 is 0. The molecule has 0 saturated carbocycles. The molecule has 0 aliphatic heterocycles.